The van der Waals surface area contributed by atoms with Gasteiger partial charge in [-0.3, -0.25) is 0 Å². The molecule has 4 N–H and O–H groups in total. The largest absolute Gasteiger partial charge is 0.459 e. The molecule has 0 heterocycles. The van der Waals surface area contributed by atoms with E-state index in [0.29, 0.717) is 0 Å². The second-order valence-electron chi connectivity index (χ2n) is 5.48. The average molecular weight is 422 g/mol. The van der Waals surface area contributed by atoms with Gasteiger partial charge in [0, 0.05) is 0 Å². The summed E-state index contributed by atoms with van der Waals surface area (Å²) in [5, 5.41) is 34.4. The van der Waals surface area contributed by atoms with Crippen LogP contribution in [0.1, 0.15) is 23.7 Å². The summed E-state index contributed by atoms with van der Waals surface area (Å²) in [6, 6.07) is 7.58. The molecule has 0 amide bonds. The van der Waals surface area contributed by atoms with Gasteiger partial charge in [0.05, 0.1) is 11.7 Å². The van der Waals surface area contributed by atoms with Gasteiger partial charge in [0.1, 0.15) is 12.7 Å². The van der Waals surface area contributed by atoms with Crippen LogP contribution in [0.2, 0.25) is 0 Å². The van der Waals surface area contributed by atoms with E-state index in [1.54, 1.807) is 18.2 Å². The van der Waals surface area contributed by atoms with Gasteiger partial charge in [-0.15, -0.1) is 0 Å². The molecule has 162 valence electrons. The maximum absolute atomic E-state index is 12.0. The van der Waals surface area contributed by atoms with Crippen molar-refractivity contribution in [2.24, 2.45) is 0 Å². The van der Waals surface area contributed by atoms with E-state index in [4.69, 9.17) is 20.4 Å². The zero-order valence-corrected chi connectivity index (χ0v) is 14.5. The van der Waals surface area contributed by atoms with Crippen molar-refractivity contribution >= 4 is 5.97 Å². The van der Waals surface area contributed by atoms with Crippen LogP contribution in [0.15, 0.2) is 30.3 Å². The smallest absolute Gasteiger partial charge is 0.417 e. The molecule has 0 spiro atoms. The summed E-state index contributed by atoms with van der Waals surface area (Å²) in [6.45, 7) is 0.425. The van der Waals surface area contributed by atoms with E-state index in [-0.39, 0.29) is 12.0 Å². The van der Waals surface area contributed by atoms with Crippen LogP contribution in [-0.4, -0.2) is 69.8 Å². The lowest BCUT2D eigenvalue weighted by molar-refractivity contribution is -0.233. The molecule has 4 atom stereocenters. The summed E-state index contributed by atoms with van der Waals surface area (Å²) in [5.41, 5.74) is 0.145. The fourth-order valence-electron chi connectivity index (χ4n) is 1.57. The van der Waals surface area contributed by atoms with Crippen LogP contribution in [0.4, 0.5) is 26.3 Å². The van der Waals surface area contributed by atoms with Gasteiger partial charge in [0.25, 0.3) is 0 Å². The van der Waals surface area contributed by atoms with Gasteiger partial charge in [-0.05, 0) is 18.6 Å². The number of benzene rings is 1. The Labute approximate surface area is 156 Å². The fraction of sp³-hybridized carbons (Fsp3) is 0.562. The Kier molecular flexibility index (Phi) is 10.4. The molecule has 0 saturated heterocycles. The third kappa shape index (κ3) is 9.35. The molecule has 0 bridgehead atoms. The highest BCUT2D eigenvalue weighted by molar-refractivity contribution is 5.89. The highest BCUT2D eigenvalue weighted by Gasteiger charge is 2.43. The number of hydrogen-bond donors (Lipinski definition) is 4. The molecule has 0 saturated carbocycles. The zero-order valence-electron chi connectivity index (χ0n) is 14.5. The predicted octanol–water partition coefficient (Wildman–Crippen LogP) is 1.81. The minimum atomic E-state index is -4.96. The summed E-state index contributed by atoms with van der Waals surface area (Å²) < 4.78 is 74.9. The third-order valence-corrected chi connectivity index (χ3v) is 3.21. The minimum absolute atomic E-state index is 0.110. The number of carbonyl (C=O) groups excluding carboxylic acids is 1. The van der Waals surface area contributed by atoms with Gasteiger partial charge in [-0.25, -0.2) is 4.79 Å². The van der Waals surface area contributed by atoms with Gasteiger partial charge >= 0.3 is 18.3 Å². The maximum Gasteiger partial charge on any atom is 0.417 e. The molecule has 0 aromatic heterocycles. The van der Waals surface area contributed by atoms with Gasteiger partial charge in [-0.1, -0.05) is 25.1 Å². The second-order valence-corrected chi connectivity index (χ2v) is 5.48. The van der Waals surface area contributed by atoms with Gasteiger partial charge < -0.3 is 25.2 Å². The van der Waals surface area contributed by atoms with E-state index in [1.807, 2.05) is 0 Å². The fourth-order valence-corrected chi connectivity index (χ4v) is 1.57. The molecule has 0 aliphatic carbocycles. The lowest BCUT2D eigenvalue weighted by atomic mass is 10.1. The molecule has 1 rings (SSSR count). The standard InChI is InChI=1S/C11H11F3O4.C5H9F3O2/c12-11(13,14)9(16)8(15)6-18-10(17)7-4-2-1-3-5-7;1-2-3(9)4(10)5(6,7)8/h1-5,8-9,15-16H,6H2;3-4,9-10H,2H2,1H3/t8-,9+;3-,4+/m01/s1. The van der Waals surface area contributed by atoms with E-state index in [1.165, 1.54) is 19.1 Å². The number of rotatable bonds is 6. The Balaban J connectivity index is 0.000000621. The summed E-state index contributed by atoms with van der Waals surface area (Å²) in [5.74, 6) is -0.871. The van der Waals surface area contributed by atoms with Crippen molar-refractivity contribution < 1.29 is 56.3 Å². The first-order valence-corrected chi connectivity index (χ1v) is 7.79. The molecule has 0 aliphatic heterocycles. The zero-order chi connectivity index (χ0) is 22.1. The van der Waals surface area contributed by atoms with E-state index < -0.39 is 49.3 Å². The van der Waals surface area contributed by atoms with Crippen molar-refractivity contribution in [1.82, 2.24) is 0 Å². The van der Waals surface area contributed by atoms with Gasteiger partial charge in [-0.2, -0.15) is 26.3 Å². The summed E-state index contributed by atoms with van der Waals surface area (Å²) in [4.78, 5) is 11.3. The molecule has 6 nitrogen and oxygen atoms in total. The number of halogens is 6. The van der Waals surface area contributed by atoms with Crippen LogP contribution in [0, 0.1) is 0 Å². The van der Waals surface area contributed by atoms with Crippen LogP contribution in [0.5, 0.6) is 0 Å². The van der Waals surface area contributed by atoms with E-state index >= 15 is 0 Å². The second kappa shape index (κ2) is 11.2. The predicted molar refractivity (Wildman–Crippen MR) is 83.2 cm³/mol. The van der Waals surface area contributed by atoms with Crippen molar-refractivity contribution in [3.63, 3.8) is 0 Å². The molecule has 1 aromatic rings. The molecule has 0 unspecified atom stereocenters. The minimum Gasteiger partial charge on any atom is -0.459 e. The van der Waals surface area contributed by atoms with Crippen molar-refractivity contribution in [2.75, 3.05) is 6.61 Å². The van der Waals surface area contributed by atoms with Crippen LogP contribution in [-0.2, 0) is 4.74 Å². The number of ether oxygens (including phenoxy) is 1. The lowest BCUT2D eigenvalue weighted by Crippen LogP contribution is -2.42. The molecular weight excluding hydrogens is 402 g/mol. The molecule has 0 radical (unpaired) electrons. The van der Waals surface area contributed by atoms with Crippen LogP contribution in [0.3, 0.4) is 0 Å². The highest BCUT2D eigenvalue weighted by Crippen LogP contribution is 2.23. The van der Waals surface area contributed by atoms with Crippen LogP contribution >= 0.6 is 0 Å². The number of aliphatic hydroxyl groups is 4. The highest BCUT2D eigenvalue weighted by atomic mass is 19.4. The molecule has 28 heavy (non-hydrogen) atoms. The first kappa shape index (κ1) is 26.1. The lowest BCUT2D eigenvalue weighted by Gasteiger charge is -2.20. The molecule has 0 aliphatic rings. The van der Waals surface area contributed by atoms with E-state index in [9.17, 15) is 31.1 Å². The topological polar surface area (TPSA) is 107 Å². The van der Waals surface area contributed by atoms with Crippen LogP contribution < -0.4 is 0 Å². The quantitative estimate of drug-likeness (QED) is 0.412. The normalized spacial score (nSPS) is 16.2. The Morgan fingerprint density at radius 3 is 1.68 bits per heavy atom. The number of aliphatic hydroxyl groups excluding tert-OH is 4. The molecule has 1 aromatic carbocycles. The number of alkyl halides is 6. The molecular formula is C16H20F6O6. The average Bonchev–Trinajstić information content (AvgIpc) is 2.63. The first-order chi connectivity index (χ1) is 12.7. The third-order valence-electron chi connectivity index (χ3n) is 3.21. The van der Waals surface area contributed by atoms with Crippen molar-refractivity contribution in [1.29, 1.82) is 0 Å². The molecule has 0 fully saturated rings. The Morgan fingerprint density at radius 1 is 0.893 bits per heavy atom. The monoisotopic (exact) mass is 422 g/mol. The number of hydrogen-bond acceptors (Lipinski definition) is 6. The summed E-state index contributed by atoms with van der Waals surface area (Å²) in [7, 11) is 0. The maximum atomic E-state index is 12.0. The SMILES string of the molecule is CC[C@@H](O)[C@H](O)C(F)(F)F.O=C(OC[C@H](O)[C@@H](O)C(F)(F)F)c1ccccc1. The van der Waals surface area contributed by atoms with Crippen molar-refractivity contribution in [3.8, 4) is 0 Å². The van der Waals surface area contributed by atoms with Gasteiger partial charge in [0.15, 0.2) is 12.2 Å². The Hall–Kier alpha value is -1.89. The molecule has 12 heteroatoms. The number of carbonyl (C=O) groups is 1. The Bertz CT molecular complexity index is 577. The Morgan fingerprint density at radius 2 is 1.32 bits per heavy atom. The summed E-state index contributed by atoms with van der Waals surface area (Å²) >= 11 is 0. The first-order valence-electron chi connectivity index (χ1n) is 7.79. The van der Waals surface area contributed by atoms with Crippen LogP contribution in [0.25, 0.3) is 0 Å². The van der Waals surface area contributed by atoms with E-state index in [0.717, 1.165) is 0 Å². The number of esters is 1. The van der Waals surface area contributed by atoms with Crippen molar-refractivity contribution in [2.45, 2.75) is 50.1 Å². The van der Waals surface area contributed by atoms with Gasteiger partial charge in [0.2, 0.25) is 0 Å². The summed E-state index contributed by atoms with van der Waals surface area (Å²) in [6.07, 6.45) is -19.3. The van der Waals surface area contributed by atoms with E-state index in [2.05, 4.69) is 4.74 Å². The van der Waals surface area contributed by atoms with Crippen molar-refractivity contribution in [3.05, 3.63) is 35.9 Å².